The fourth-order valence-corrected chi connectivity index (χ4v) is 6.35. The summed E-state index contributed by atoms with van der Waals surface area (Å²) in [6.07, 6.45) is 7.48. The van der Waals surface area contributed by atoms with E-state index in [9.17, 15) is 0 Å². The van der Waals surface area contributed by atoms with E-state index in [0.717, 1.165) is 12.3 Å². The number of rotatable bonds is 1. The van der Waals surface area contributed by atoms with Crippen molar-refractivity contribution in [2.45, 2.75) is 55.6 Å². The highest BCUT2D eigenvalue weighted by molar-refractivity contribution is 5.32. The SMILES string of the molecule is N#CC1CC2(O1)[C@@H]1CC3C[C@H]2CC(c2ccccc2)(C3)C1. The van der Waals surface area contributed by atoms with E-state index in [1.54, 1.807) is 5.56 Å². The number of benzene rings is 1. The summed E-state index contributed by atoms with van der Waals surface area (Å²) in [5, 5.41) is 9.08. The molecule has 1 aliphatic heterocycles. The van der Waals surface area contributed by atoms with Crippen molar-refractivity contribution in [2.75, 3.05) is 0 Å². The van der Waals surface area contributed by atoms with Gasteiger partial charge in [-0.05, 0) is 60.8 Å². The normalized spacial score (nSPS) is 49.9. The molecule has 4 saturated carbocycles. The van der Waals surface area contributed by atoms with Crippen LogP contribution < -0.4 is 0 Å². The maximum Gasteiger partial charge on any atom is 0.147 e. The molecule has 1 aromatic carbocycles. The first kappa shape index (κ1) is 12.2. The van der Waals surface area contributed by atoms with Gasteiger partial charge in [-0.3, -0.25) is 0 Å². The summed E-state index contributed by atoms with van der Waals surface area (Å²) in [5.74, 6) is 2.26. The van der Waals surface area contributed by atoms with Crippen LogP contribution in [0.15, 0.2) is 30.3 Å². The third-order valence-electron chi connectivity index (χ3n) is 6.97. The molecule has 21 heavy (non-hydrogen) atoms. The van der Waals surface area contributed by atoms with Gasteiger partial charge in [-0.2, -0.15) is 5.26 Å². The second-order valence-corrected chi connectivity index (χ2v) is 7.88. The van der Waals surface area contributed by atoms with Crippen LogP contribution in [0.4, 0.5) is 0 Å². The summed E-state index contributed by atoms with van der Waals surface area (Å²) in [6.45, 7) is 0. The fraction of sp³-hybridized carbons (Fsp3) is 0.632. The molecule has 6 rings (SSSR count). The lowest BCUT2D eigenvalue weighted by Gasteiger charge is -2.68. The van der Waals surface area contributed by atoms with E-state index in [-0.39, 0.29) is 11.7 Å². The molecule has 108 valence electrons. The van der Waals surface area contributed by atoms with Crippen molar-refractivity contribution in [3.8, 4) is 6.07 Å². The number of nitriles is 1. The summed E-state index contributed by atoms with van der Waals surface area (Å²) in [6, 6.07) is 13.5. The Kier molecular flexibility index (Phi) is 2.27. The van der Waals surface area contributed by atoms with E-state index in [2.05, 4.69) is 36.4 Å². The third-order valence-corrected chi connectivity index (χ3v) is 6.97. The van der Waals surface area contributed by atoms with Crippen LogP contribution >= 0.6 is 0 Å². The number of hydrogen-bond donors (Lipinski definition) is 0. The average molecular weight is 279 g/mol. The van der Waals surface area contributed by atoms with Crippen LogP contribution in [0.1, 0.15) is 44.1 Å². The van der Waals surface area contributed by atoms with Gasteiger partial charge in [0.2, 0.25) is 0 Å². The summed E-state index contributed by atoms with van der Waals surface area (Å²) in [7, 11) is 0. The molecular weight excluding hydrogens is 258 g/mol. The molecule has 5 aliphatic rings. The van der Waals surface area contributed by atoms with Crippen LogP contribution in [-0.2, 0) is 10.2 Å². The van der Waals surface area contributed by atoms with Gasteiger partial charge in [-0.1, -0.05) is 30.3 Å². The molecular formula is C19H21NO. The molecule has 5 fully saturated rings. The van der Waals surface area contributed by atoms with Crippen molar-refractivity contribution in [1.29, 1.82) is 5.26 Å². The summed E-state index contributed by atoms with van der Waals surface area (Å²) < 4.78 is 6.17. The van der Waals surface area contributed by atoms with Crippen molar-refractivity contribution >= 4 is 0 Å². The van der Waals surface area contributed by atoms with E-state index in [0.29, 0.717) is 17.3 Å². The van der Waals surface area contributed by atoms with Gasteiger partial charge in [0.05, 0.1) is 11.7 Å². The second kappa shape index (κ2) is 3.90. The second-order valence-electron chi connectivity index (χ2n) is 7.88. The van der Waals surface area contributed by atoms with Gasteiger partial charge >= 0.3 is 0 Å². The number of ether oxygens (including phenoxy) is 1. The number of hydrogen-bond acceptors (Lipinski definition) is 2. The standard InChI is InChI=1S/C19H21NO/c20-12-17-11-19(21-17)15-6-13-7-16(19)10-18(8-13,9-15)14-4-2-1-3-5-14/h1-5,13,15-17H,6-11H2/t13?,15-,16+,17?,18?,19?. The number of nitrogens with zero attached hydrogens (tertiary/aromatic N) is 1. The van der Waals surface area contributed by atoms with Crippen molar-refractivity contribution in [1.82, 2.24) is 0 Å². The summed E-state index contributed by atoms with van der Waals surface area (Å²) >= 11 is 0. The molecule has 0 N–H and O–H groups in total. The van der Waals surface area contributed by atoms with Gasteiger partial charge < -0.3 is 4.74 Å². The first-order valence-corrected chi connectivity index (χ1v) is 8.37. The molecule has 4 unspecified atom stereocenters. The highest BCUT2D eigenvalue weighted by Crippen LogP contribution is 2.68. The maximum atomic E-state index is 9.08. The monoisotopic (exact) mass is 279 g/mol. The van der Waals surface area contributed by atoms with Crippen LogP contribution in [-0.4, -0.2) is 11.7 Å². The van der Waals surface area contributed by atoms with Gasteiger partial charge in [0.25, 0.3) is 0 Å². The average Bonchev–Trinajstić information content (AvgIpc) is 2.46. The largest absolute Gasteiger partial charge is 0.356 e. The van der Waals surface area contributed by atoms with Gasteiger partial charge in [0.15, 0.2) is 0 Å². The van der Waals surface area contributed by atoms with Crippen molar-refractivity contribution < 1.29 is 4.74 Å². The summed E-state index contributed by atoms with van der Waals surface area (Å²) in [4.78, 5) is 0. The molecule has 2 nitrogen and oxygen atoms in total. The maximum absolute atomic E-state index is 9.08. The zero-order chi connectivity index (χ0) is 14.1. The minimum atomic E-state index is -0.129. The molecule has 6 atom stereocenters. The Morgan fingerprint density at radius 3 is 2.29 bits per heavy atom. The van der Waals surface area contributed by atoms with Crippen LogP contribution in [0.2, 0.25) is 0 Å². The Hall–Kier alpha value is -1.33. The van der Waals surface area contributed by atoms with Crippen LogP contribution in [0, 0.1) is 29.1 Å². The van der Waals surface area contributed by atoms with Crippen LogP contribution in [0.5, 0.6) is 0 Å². The predicted molar refractivity (Wildman–Crippen MR) is 79.5 cm³/mol. The minimum absolute atomic E-state index is 0.0790. The van der Waals surface area contributed by atoms with E-state index < -0.39 is 0 Å². The lowest BCUT2D eigenvalue weighted by Crippen LogP contribution is -2.69. The van der Waals surface area contributed by atoms with Crippen molar-refractivity contribution in [2.24, 2.45) is 17.8 Å². The zero-order valence-electron chi connectivity index (χ0n) is 12.3. The lowest BCUT2D eigenvalue weighted by atomic mass is 9.41. The van der Waals surface area contributed by atoms with E-state index >= 15 is 0 Å². The molecule has 2 heteroatoms. The molecule has 0 radical (unpaired) electrons. The zero-order valence-corrected chi connectivity index (χ0v) is 12.3. The first-order chi connectivity index (χ1) is 10.2. The van der Waals surface area contributed by atoms with Gasteiger partial charge in [0.1, 0.15) is 6.10 Å². The van der Waals surface area contributed by atoms with Gasteiger partial charge in [-0.15, -0.1) is 0 Å². The van der Waals surface area contributed by atoms with Crippen molar-refractivity contribution in [3.63, 3.8) is 0 Å². The predicted octanol–water partition coefficient (Wildman–Crippen LogP) is 3.82. The van der Waals surface area contributed by atoms with E-state index in [1.165, 1.54) is 32.1 Å². The van der Waals surface area contributed by atoms with Gasteiger partial charge in [0, 0.05) is 6.42 Å². The molecule has 1 spiro atoms. The Bertz CT molecular complexity index is 592. The molecule has 0 aromatic heterocycles. The smallest absolute Gasteiger partial charge is 0.147 e. The Morgan fingerprint density at radius 2 is 1.67 bits per heavy atom. The first-order valence-electron chi connectivity index (χ1n) is 8.37. The molecule has 1 saturated heterocycles. The minimum Gasteiger partial charge on any atom is -0.356 e. The molecule has 1 heterocycles. The Balaban J connectivity index is 1.52. The Labute approximate surface area is 126 Å². The molecule has 1 aromatic rings. The molecule has 0 amide bonds. The lowest BCUT2D eigenvalue weighted by molar-refractivity contribution is -0.294. The highest BCUT2D eigenvalue weighted by atomic mass is 16.5. The quantitative estimate of drug-likeness (QED) is 0.783. The highest BCUT2D eigenvalue weighted by Gasteiger charge is 2.67. The third kappa shape index (κ3) is 1.46. The summed E-state index contributed by atoms with van der Waals surface area (Å²) in [5.41, 5.74) is 2.04. The van der Waals surface area contributed by atoms with Crippen molar-refractivity contribution in [3.05, 3.63) is 35.9 Å². The van der Waals surface area contributed by atoms with E-state index in [1.807, 2.05) is 0 Å². The van der Waals surface area contributed by atoms with Crippen LogP contribution in [0.25, 0.3) is 0 Å². The Morgan fingerprint density at radius 1 is 1.00 bits per heavy atom. The van der Waals surface area contributed by atoms with E-state index in [4.69, 9.17) is 10.00 Å². The molecule has 4 aliphatic carbocycles. The van der Waals surface area contributed by atoms with Gasteiger partial charge in [-0.25, -0.2) is 0 Å². The van der Waals surface area contributed by atoms with Crippen LogP contribution in [0.3, 0.4) is 0 Å². The fourth-order valence-electron chi connectivity index (χ4n) is 6.35. The molecule has 4 bridgehead atoms. The topological polar surface area (TPSA) is 33.0 Å².